The SMILES string of the molecule is CC(C)(C)C(c1ccccc1)N(C(=O)O)[C@@H]1C(=O)N(Cc2ccccc2)C(=O)[C@@H]1c1ccccc1. The van der Waals surface area contributed by atoms with Crippen LogP contribution in [0.5, 0.6) is 0 Å². The Balaban J connectivity index is 1.85. The highest BCUT2D eigenvalue weighted by atomic mass is 16.4. The van der Waals surface area contributed by atoms with Gasteiger partial charge in [-0.2, -0.15) is 0 Å². The number of hydrogen-bond acceptors (Lipinski definition) is 3. The number of benzene rings is 3. The molecule has 1 aliphatic rings. The van der Waals surface area contributed by atoms with E-state index < -0.39 is 35.4 Å². The second-order valence-electron chi connectivity index (χ2n) is 9.95. The van der Waals surface area contributed by atoms with Crippen LogP contribution in [0.1, 0.15) is 49.4 Å². The summed E-state index contributed by atoms with van der Waals surface area (Å²) in [4.78, 5) is 43.0. The van der Waals surface area contributed by atoms with E-state index in [0.717, 1.165) is 11.1 Å². The van der Waals surface area contributed by atoms with Crippen LogP contribution in [0.25, 0.3) is 0 Å². The maximum atomic E-state index is 13.9. The van der Waals surface area contributed by atoms with E-state index in [2.05, 4.69) is 0 Å². The van der Waals surface area contributed by atoms with Gasteiger partial charge in [-0.05, 0) is 22.1 Å². The minimum absolute atomic E-state index is 0.0946. The van der Waals surface area contributed by atoms with Gasteiger partial charge in [0.05, 0.1) is 18.5 Å². The Morgan fingerprint density at radius 3 is 1.89 bits per heavy atom. The summed E-state index contributed by atoms with van der Waals surface area (Å²) in [6.07, 6.45) is -1.23. The number of rotatable bonds is 6. The zero-order chi connectivity index (χ0) is 25.2. The molecular weight excluding hydrogens is 440 g/mol. The fourth-order valence-electron chi connectivity index (χ4n) is 5.00. The van der Waals surface area contributed by atoms with Gasteiger partial charge in [0.1, 0.15) is 6.04 Å². The molecule has 3 aromatic rings. The maximum absolute atomic E-state index is 13.9. The van der Waals surface area contributed by atoms with Gasteiger partial charge in [-0.1, -0.05) is 112 Å². The molecule has 1 unspecified atom stereocenters. The average Bonchev–Trinajstić information content (AvgIpc) is 3.07. The van der Waals surface area contributed by atoms with Crippen LogP contribution >= 0.6 is 0 Å². The van der Waals surface area contributed by atoms with Gasteiger partial charge in [0.2, 0.25) is 5.91 Å². The molecule has 3 aromatic carbocycles. The molecule has 1 N–H and O–H groups in total. The van der Waals surface area contributed by atoms with Crippen molar-refractivity contribution >= 4 is 17.9 Å². The first-order valence-electron chi connectivity index (χ1n) is 11.7. The lowest BCUT2D eigenvalue weighted by Crippen LogP contribution is -2.51. The van der Waals surface area contributed by atoms with E-state index in [1.165, 1.54) is 9.80 Å². The molecule has 1 fully saturated rings. The molecule has 1 heterocycles. The van der Waals surface area contributed by atoms with E-state index in [9.17, 15) is 19.5 Å². The third-order valence-corrected chi connectivity index (χ3v) is 6.44. The first-order chi connectivity index (χ1) is 16.7. The van der Waals surface area contributed by atoms with Crippen LogP contribution in [0.15, 0.2) is 91.0 Å². The van der Waals surface area contributed by atoms with Crippen molar-refractivity contribution in [1.82, 2.24) is 9.80 Å². The minimum atomic E-state index is -1.23. The highest BCUT2D eigenvalue weighted by Crippen LogP contribution is 2.44. The molecule has 1 saturated heterocycles. The van der Waals surface area contributed by atoms with E-state index in [1.807, 2.05) is 87.5 Å². The largest absolute Gasteiger partial charge is 0.465 e. The standard InChI is InChI=1S/C29H30N2O4/c1-29(2,3)25(22-17-11-6-12-18-22)31(28(34)35)24-23(21-15-9-5-10-16-21)26(32)30(27(24)33)19-20-13-7-4-8-14-20/h4-18,23-25H,19H2,1-3H3,(H,34,35)/t23-,24+,25?/m1/s1. The van der Waals surface area contributed by atoms with Gasteiger partial charge in [0.15, 0.2) is 0 Å². The Morgan fingerprint density at radius 1 is 0.857 bits per heavy atom. The first kappa shape index (κ1) is 24.2. The smallest absolute Gasteiger partial charge is 0.408 e. The van der Waals surface area contributed by atoms with Crippen molar-refractivity contribution in [3.63, 3.8) is 0 Å². The third-order valence-electron chi connectivity index (χ3n) is 6.44. The maximum Gasteiger partial charge on any atom is 0.408 e. The van der Waals surface area contributed by atoms with Crippen molar-refractivity contribution in [3.8, 4) is 0 Å². The molecular formula is C29H30N2O4. The van der Waals surface area contributed by atoms with Gasteiger partial charge in [0, 0.05) is 0 Å². The Kier molecular flexibility index (Phi) is 6.74. The lowest BCUT2D eigenvalue weighted by Gasteiger charge is -2.42. The summed E-state index contributed by atoms with van der Waals surface area (Å²) in [5.41, 5.74) is 1.66. The molecule has 0 aromatic heterocycles. The predicted molar refractivity (Wildman–Crippen MR) is 133 cm³/mol. The van der Waals surface area contributed by atoms with Crippen LogP contribution in [0.3, 0.4) is 0 Å². The summed E-state index contributed by atoms with van der Waals surface area (Å²) >= 11 is 0. The Bertz CT molecular complexity index is 1190. The molecule has 4 rings (SSSR count). The molecule has 0 radical (unpaired) electrons. The highest BCUT2D eigenvalue weighted by molar-refractivity contribution is 6.10. The van der Waals surface area contributed by atoms with Gasteiger partial charge in [0.25, 0.3) is 5.91 Å². The summed E-state index contributed by atoms with van der Waals surface area (Å²) in [6.45, 7) is 5.93. The van der Waals surface area contributed by atoms with E-state index in [1.54, 1.807) is 24.3 Å². The number of nitrogens with zero attached hydrogens (tertiary/aromatic N) is 2. The van der Waals surface area contributed by atoms with Crippen LogP contribution < -0.4 is 0 Å². The Hall–Kier alpha value is -3.93. The number of carbonyl (C=O) groups excluding carboxylic acids is 2. The molecule has 6 heteroatoms. The molecule has 3 atom stereocenters. The number of amides is 3. The van der Waals surface area contributed by atoms with Gasteiger partial charge >= 0.3 is 6.09 Å². The summed E-state index contributed by atoms with van der Waals surface area (Å²) in [5.74, 6) is -1.82. The summed E-state index contributed by atoms with van der Waals surface area (Å²) in [6, 6.07) is 25.7. The van der Waals surface area contributed by atoms with E-state index in [0.29, 0.717) is 5.56 Å². The second-order valence-corrected chi connectivity index (χ2v) is 9.95. The molecule has 3 amide bonds. The number of carbonyl (C=O) groups is 3. The monoisotopic (exact) mass is 470 g/mol. The molecule has 0 aliphatic carbocycles. The highest BCUT2D eigenvalue weighted by Gasteiger charge is 2.55. The molecule has 180 valence electrons. The lowest BCUT2D eigenvalue weighted by atomic mass is 9.79. The topological polar surface area (TPSA) is 77.9 Å². The quantitative estimate of drug-likeness (QED) is 0.484. The predicted octanol–water partition coefficient (Wildman–Crippen LogP) is 5.48. The average molecular weight is 471 g/mol. The number of likely N-dealkylation sites (tertiary alicyclic amines) is 1. The molecule has 0 bridgehead atoms. The Labute approximate surface area is 205 Å². The van der Waals surface area contributed by atoms with Crippen LogP contribution in [-0.2, 0) is 16.1 Å². The molecule has 6 nitrogen and oxygen atoms in total. The molecule has 0 spiro atoms. The van der Waals surface area contributed by atoms with Crippen molar-refractivity contribution < 1.29 is 19.5 Å². The zero-order valence-electron chi connectivity index (χ0n) is 20.2. The van der Waals surface area contributed by atoms with Gasteiger partial charge < -0.3 is 5.11 Å². The lowest BCUT2D eigenvalue weighted by molar-refractivity contribution is -0.140. The van der Waals surface area contributed by atoms with Crippen molar-refractivity contribution in [2.24, 2.45) is 5.41 Å². The third kappa shape index (κ3) is 4.83. The van der Waals surface area contributed by atoms with E-state index in [4.69, 9.17) is 0 Å². The fourth-order valence-corrected chi connectivity index (χ4v) is 5.00. The van der Waals surface area contributed by atoms with Crippen molar-refractivity contribution in [1.29, 1.82) is 0 Å². The first-order valence-corrected chi connectivity index (χ1v) is 11.7. The second kappa shape index (κ2) is 9.74. The summed E-state index contributed by atoms with van der Waals surface area (Å²) < 4.78 is 0. The molecule has 1 aliphatic heterocycles. The van der Waals surface area contributed by atoms with E-state index >= 15 is 0 Å². The minimum Gasteiger partial charge on any atom is -0.465 e. The normalized spacial score (nSPS) is 19.0. The van der Waals surface area contributed by atoms with E-state index in [-0.39, 0.29) is 12.5 Å². The van der Waals surface area contributed by atoms with Crippen LogP contribution in [0.2, 0.25) is 0 Å². The molecule has 35 heavy (non-hydrogen) atoms. The van der Waals surface area contributed by atoms with Gasteiger partial charge in [-0.15, -0.1) is 0 Å². The summed E-state index contributed by atoms with van der Waals surface area (Å²) in [5, 5.41) is 10.5. The van der Waals surface area contributed by atoms with Crippen LogP contribution in [-0.4, -0.2) is 38.9 Å². The number of carboxylic acid groups (broad SMARTS) is 1. The van der Waals surface area contributed by atoms with Gasteiger partial charge in [-0.3, -0.25) is 19.4 Å². The summed E-state index contributed by atoms with van der Waals surface area (Å²) in [7, 11) is 0. The van der Waals surface area contributed by atoms with Crippen molar-refractivity contribution in [2.45, 2.75) is 45.3 Å². The Morgan fingerprint density at radius 2 is 1.37 bits per heavy atom. The number of hydrogen-bond donors (Lipinski definition) is 1. The van der Waals surface area contributed by atoms with Crippen molar-refractivity contribution in [3.05, 3.63) is 108 Å². The number of imide groups is 1. The van der Waals surface area contributed by atoms with Crippen LogP contribution in [0.4, 0.5) is 4.79 Å². The van der Waals surface area contributed by atoms with Crippen LogP contribution in [0, 0.1) is 5.41 Å². The molecule has 0 saturated carbocycles. The van der Waals surface area contributed by atoms with Crippen molar-refractivity contribution in [2.75, 3.05) is 0 Å². The fraction of sp³-hybridized carbons (Fsp3) is 0.276. The zero-order valence-corrected chi connectivity index (χ0v) is 20.2. The van der Waals surface area contributed by atoms with Gasteiger partial charge in [-0.25, -0.2) is 4.79 Å².